The van der Waals surface area contributed by atoms with Crippen LogP contribution in [-0.4, -0.2) is 251 Å². The smallest absolute Gasteiger partial charge is 0.329 e. The minimum atomic E-state index is -4.85. The van der Waals surface area contributed by atoms with Crippen LogP contribution >= 0.6 is 0 Å². The lowest BCUT2D eigenvalue weighted by Gasteiger charge is -2.33. The number of anilines is 1. The molecule has 11 N–H and O–H groups in total. The molecule has 0 bridgehead atoms. The van der Waals surface area contributed by atoms with Crippen molar-refractivity contribution in [2.75, 3.05) is 116 Å². The number of hydrogen-bond acceptors (Lipinski definition) is 20. The van der Waals surface area contributed by atoms with Crippen LogP contribution in [0, 0.1) is 13.8 Å². The number of aromatic nitrogens is 4. The van der Waals surface area contributed by atoms with E-state index in [-0.39, 0.29) is 119 Å². The van der Waals surface area contributed by atoms with Crippen molar-refractivity contribution in [3.05, 3.63) is 65.6 Å². The van der Waals surface area contributed by atoms with Crippen LogP contribution in [0.2, 0.25) is 0 Å². The van der Waals surface area contributed by atoms with E-state index in [0.29, 0.717) is 36.4 Å². The molecule has 31 nitrogen and oxygen atoms in total. The summed E-state index contributed by atoms with van der Waals surface area (Å²) in [7, 11) is -9.46. The fourth-order valence-corrected chi connectivity index (χ4v) is 11.1. The maximum absolute atomic E-state index is 13.7. The Morgan fingerprint density at radius 1 is 0.720 bits per heavy atom. The van der Waals surface area contributed by atoms with E-state index in [2.05, 4.69) is 36.3 Å². The monoisotopic (exact) mass is 1190 g/mol. The van der Waals surface area contributed by atoms with Crippen LogP contribution < -0.4 is 30.7 Å². The fourth-order valence-electron chi connectivity index (χ4n) is 8.87. The van der Waals surface area contributed by atoms with Crippen LogP contribution in [0.1, 0.15) is 40.7 Å². The number of nitrogens with one attached hydrogen (secondary N) is 6. The van der Waals surface area contributed by atoms with Crippen molar-refractivity contribution in [3.63, 3.8) is 0 Å². The maximum atomic E-state index is 13.7. The molecule has 1 aliphatic heterocycles. The van der Waals surface area contributed by atoms with Crippen LogP contribution in [0.25, 0.3) is 10.9 Å². The molecule has 0 spiro atoms. The minimum absolute atomic E-state index is 0.0157. The van der Waals surface area contributed by atoms with Crippen LogP contribution in [0.3, 0.4) is 0 Å². The molecule has 0 aliphatic carbocycles. The number of sulfonamides is 1. The number of fused-ring (bicyclic) bond motifs is 1. The number of aromatic amines is 1. The average Bonchev–Trinajstić information content (AvgIpc) is 3.59. The number of ether oxygens (including phenoxy) is 1. The number of amides is 3. The lowest BCUT2D eigenvalue weighted by Crippen LogP contribution is -2.54. The lowest BCUT2D eigenvalue weighted by molar-refractivity contribution is -0.140. The Morgan fingerprint density at radius 2 is 1.28 bits per heavy atom. The highest BCUT2D eigenvalue weighted by molar-refractivity contribution is 7.89. The highest BCUT2D eigenvalue weighted by Crippen LogP contribution is 2.27. The maximum Gasteiger partial charge on any atom is 0.329 e. The molecule has 3 amide bonds. The van der Waals surface area contributed by atoms with Gasteiger partial charge in [-0.05, 0) is 68.1 Å². The second-order valence-electron chi connectivity index (χ2n) is 19.2. The Bertz CT molecular complexity index is 3070. The Labute approximate surface area is 471 Å². The van der Waals surface area contributed by atoms with E-state index in [0.717, 1.165) is 0 Å². The molecule has 2 atom stereocenters. The van der Waals surface area contributed by atoms with Crippen LogP contribution in [0.5, 0.6) is 5.75 Å². The number of hydrogen-bond donors (Lipinski definition) is 11. The van der Waals surface area contributed by atoms with Crippen molar-refractivity contribution in [3.8, 4) is 5.75 Å². The van der Waals surface area contributed by atoms with E-state index in [9.17, 15) is 80.2 Å². The van der Waals surface area contributed by atoms with Crippen LogP contribution in [0.15, 0.2) is 53.8 Å². The van der Waals surface area contributed by atoms with Crippen LogP contribution in [0.4, 0.5) is 5.95 Å². The molecule has 2 aromatic carbocycles. The SMILES string of the molecule is Cc1cc(OCCCC(=O)NCCNC(=O)[C@H](CS(=O)(=O)O)NC(=O)CN2CCN(CC(=O)O)CCN(CC(=O)O)CCN(CC(=O)O)CC2)cc(C)c1S(=O)(=O)N[C@H](C(=O)O)C(=O)c1ccc2c(cnn2CCCNc2ncc[nH]2)c1. The van der Waals surface area contributed by atoms with Crippen molar-refractivity contribution in [1.82, 2.24) is 60.0 Å². The number of carbonyl (C=O) groups excluding carboxylic acids is 4. The van der Waals surface area contributed by atoms with Gasteiger partial charge in [-0.3, -0.25) is 62.4 Å². The minimum Gasteiger partial charge on any atom is -0.494 e. The van der Waals surface area contributed by atoms with Crippen molar-refractivity contribution in [2.45, 2.75) is 56.6 Å². The normalized spacial score (nSPS) is 15.3. The van der Waals surface area contributed by atoms with Gasteiger partial charge in [0.2, 0.25) is 27.7 Å². The lowest BCUT2D eigenvalue weighted by atomic mass is 10.0. The van der Waals surface area contributed by atoms with E-state index >= 15 is 0 Å². The number of nitrogens with zero attached hydrogens (tertiary/aromatic N) is 7. The van der Waals surface area contributed by atoms with Crippen molar-refractivity contribution in [2.24, 2.45) is 0 Å². The van der Waals surface area contributed by atoms with E-state index in [1.165, 1.54) is 54.1 Å². The zero-order valence-corrected chi connectivity index (χ0v) is 46.7. The molecule has 1 fully saturated rings. The second kappa shape index (κ2) is 31.0. The summed E-state index contributed by atoms with van der Waals surface area (Å²) in [6, 6.07) is 3.27. The van der Waals surface area contributed by atoms with Crippen molar-refractivity contribution in [1.29, 1.82) is 0 Å². The number of aryl methyl sites for hydroxylation is 3. The number of carboxylic acid groups (broad SMARTS) is 4. The molecule has 3 heterocycles. The van der Waals surface area contributed by atoms with Gasteiger partial charge in [0.15, 0.2) is 17.8 Å². The van der Waals surface area contributed by atoms with Gasteiger partial charge < -0.3 is 51.4 Å². The van der Waals surface area contributed by atoms with E-state index in [4.69, 9.17) is 4.74 Å². The van der Waals surface area contributed by atoms with E-state index in [1.54, 1.807) is 32.9 Å². The second-order valence-corrected chi connectivity index (χ2v) is 22.4. The van der Waals surface area contributed by atoms with Gasteiger partial charge in [-0.25, -0.2) is 18.2 Å². The molecule has 0 radical (unpaired) electrons. The molecule has 2 aromatic heterocycles. The first-order valence-electron chi connectivity index (χ1n) is 25.8. The Hall–Kier alpha value is -7.66. The largest absolute Gasteiger partial charge is 0.494 e. The molecule has 1 saturated heterocycles. The summed E-state index contributed by atoms with van der Waals surface area (Å²) in [5.74, 6) is -8.90. The molecule has 450 valence electrons. The molecule has 82 heavy (non-hydrogen) atoms. The molecule has 0 saturated carbocycles. The molecule has 33 heteroatoms. The highest BCUT2D eigenvalue weighted by atomic mass is 32.2. The van der Waals surface area contributed by atoms with Gasteiger partial charge in [-0.2, -0.15) is 18.2 Å². The van der Waals surface area contributed by atoms with Crippen molar-refractivity contribution < 1.29 is 84.9 Å². The number of H-pyrrole nitrogens is 1. The zero-order chi connectivity index (χ0) is 60.1. The standard InChI is InChI=1S/C49H69N13O18S2/c1-32-23-36(24-33(2)46(32)82(78,79)57-44(48(73)74)45(71)34-6-7-38-35(25-34)26-55-62(38)13-4-8-52-49-53-11-12-54-49)80-22-3-5-39(63)50-9-10-51-47(72)37(31-81(75,76)77)56-40(64)27-58-14-16-59(28-41(65)66)18-20-61(30-43(69)70)21-19-60(17-15-58)29-42(67)68/h6-7,11-12,23-26,37,44,57H,3-5,8-10,13-22,27-31H2,1-2H3,(H,50,63)(H,51,72)(H,56,64)(H,65,66)(H,67,68)(H,69,70)(H,73,74)(H2,52,53,54)(H,75,76,77)/t37-,44-/m0/s1. The molecule has 4 aromatic rings. The van der Waals surface area contributed by atoms with Gasteiger partial charge in [0.1, 0.15) is 17.5 Å². The highest BCUT2D eigenvalue weighted by Gasteiger charge is 2.35. The van der Waals surface area contributed by atoms with Gasteiger partial charge in [0.05, 0.1) is 49.4 Å². The first kappa shape index (κ1) is 65.2. The molecular formula is C49H69N13O18S2. The Morgan fingerprint density at radius 3 is 1.80 bits per heavy atom. The average molecular weight is 1190 g/mol. The molecule has 1 aliphatic rings. The van der Waals surface area contributed by atoms with Crippen LogP contribution in [-0.2, 0) is 60.2 Å². The first-order chi connectivity index (χ1) is 38.8. The van der Waals surface area contributed by atoms with Gasteiger partial charge in [0.25, 0.3) is 10.1 Å². The molecule has 5 rings (SSSR count). The molecule has 0 unspecified atom stereocenters. The fraction of sp³-hybridized carbons (Fsp3) is 0.510. The van der Waals surface area contributed by atoms with Gasteiger partial charge in [-0.15, -0.1) is 0 Å². The summed E-state index contributed by atoms with van der Waals surface area (Å²) < 4.78 is 70.4. The third kappa shape index (κ3) is 21.7. The number of Topliss-reactive ketones (excluding diaryl/α,β-unsaturated/α-hetero) is 1. The summed E-state index contributed by atoms with van der Waals surface area (Å²) in [6.07, 6.45) is 5.61. The zero-order valence-electron chi connectivity index (χ0n) is 45.1. The number of imidazole rings is 1. The third-order valence-corrected chi connectivity index (χ3v) is 15.2. The van der Waals surface area contributed by atoms with Gasteiger partial charge >= 0.3 is 23.9 Å². The van der Waals surface area contributed by atoms with E-state index in [1.807, 2.05) is 4.72 Å². The number of carboxylic acids is 4. The Kier molecular flexibility index (Phi) is 24.6. The third-order valence-electron chi connectivity index (χ3n) is 12.7. The molecular weight excluding hydrogens is 1120 g/mol. The van der Waals surface area contributed by atoms with Gasteiger partial charge in [-0.1, -0.05) is 0 Å². The predicted molar refractivity (Wildman–Crippen MR) is 291 cm³/mol. The number of rotatable bonds is 31. The van der Waals surface area contributed by atoms with E-state index < -0.39 is 105 Å². The quantitative estimate of drug-likeness (QED) is 0.0110. The number of ketones is 1. The summed E-state index contributed by atoms with van der Waals surface area (Å²) in [6.45, 7) is 2.72. The summed E-state index contributed by atoms with van der Waals surface area (Å²) in [4.78, 5) is 113. The topological polar surface area (TPSA) is 435 Å². The summed E-state index contributed by atoms with van der Waals surface area (Å²) >= 11 is 0. The number of aliphatic carboxylic acids is 4. The Balaban J connectivity index is 1.08. The predicted octanol–water partition coefficient (Wildman–Crippen LogP) is -2.27. The van der Waals surface area contributed by atoms with Crippen molar-refractivity contribution >= 4 is 84.4 Å². The number of carbonyl (C=O) groups is 8. The first-order valence-corrected chi connectivity index (χ1v) is 28.9. The summed E-state index contributed by atoms with van der Waals surface area (Å²) in [5, 5.41) is 53.7. The summed E-state index contributed by atoms with van der Waals surface area (Å²) in [5.41, 5.74) is 0.965. The van der Waals surface area contributed by atoms with Gasteiger partial charge in [0, 0.05) is 108 Å². The number of benzene rings is 2.